The number of para-hydroxylation sites is 1. The van der Waals surface area contributed by atoms with Crippen molar-refractivity contribution < 1.29 is 19.4 Å². The van der Waals surface area contributed by atoms with Gasteiger partial charge in [0.1, 0.15) is 5.60 Å². The summed E-state index contributed by atoms with van der Waals surface area (Å²) in [5.74, 6) is -0.287. The summed E-state index contributed by atoms with van der Waals surface area (Å²) in [5.41, 5.74) is -1.04. The van der Waals surface area contributed by atoms with Crippen molar-refractivity contribution >= 4 is 17.6 Å². The first-order valence-corrected chi connectivity index (χ1v) is 10.5. The minimum Gasteiger partial charge on any atom is -0.452 e. The number of ketones is 1. The third-order valence-corrected chi connectivity index (χ3v) is 9.48. The average Bonchev–Trinajstić information content (AvgIpc) is 3.23. The minimum absolute atomic E-state index is 0.0328. The minimum atomic E-state index is -1.48. The number of ether oxygens (including phenoxy) is 1. The molecule has 146 valence electrons. The number of hydrogen-bond donors (Lipinski definition) is 1. The van der Waals surface area contributed by atoms with Crippen LogP contribution in [0.25, 0.3) is 0 Å². The fourth-order valence-corrected chi connectivity index (χ4v) is 9.19. The lowest BCUT2D eigenvalue weighted by Gasteiger charge is -2.69. The summed E-state index contributed by atoms with van der Waals surface area (Å²) in [7, 11) is 1.39. The second-order valence-electron chi connectivity index (χ2n) is 9.87. The van der Waals surface area contributed by atoms with E-state index >= 15 is 0 Å². The molecule has 6 heteroatoms. The zero-order valence-corrected chi connectivity index (χ0v) is 16.0. The van der Waals surface area contributed by atoms with Crippen molar-refractivity contribution in [3.05, 3.63) is 29.8 Å². The van der Waals surface area contributed by atoms with Crippen LogP contribution in [-0.4, -0.2) is 59.3 Å². The van der Waals surface area contributed by atoms with Gasteiger partial charge in [0.2, 0.25) is 0 Å². The Morgan fingerprint density at radius 1 is 1.25 bits per heavy atom. The maximum absolute atomic E-state index is 13.8. The van der Waals surface area contributed by atoms with E-state index in [1.807, 2.05) is 18.2 Å². The Balaban J connectivity index is 1.65. The van der Waals surface area contributed by atoms with E-state index in [1.165, 1.54) is 7.11 Å². The molecule has 3 aliphatic heterocycles. The molecule has 2 saturated heterocycles. The summed E-state index contributed by atoms with van der Waals surface area (Å²) in [6.45, 7) is 1.71. The van der Waals surface area contributed by atoms with Crippen LogP contribution in [0.4, 0.5) is 10.5 Å². The molecule has 7 aliphatic rings. The van der Waals surface area contributed by atoms with Crippen LogP contribution in [0.15, 0.2) is 24.3 Å². The predicted octanol–water partition coefficient (Wildman–Crippen LogP) is 1.84. The SMILES string of the molecule is COC(=O)N1c2ccccc2[C@]23[C@@H]4CN5CCC[C@]6(CC[C@@]12[C@](O)(C6)C4=O)[C@H]53. The van der Waals surface area contributed by atoms with E-state index in [0.717, 1.165) is 37.1 Å². The summed E-state index contributed by atoms with van der Waals surface area (Å²) in [4.78, 5) is 31.1. The first-order chi connectivity index (χ1) is 13.5. The summed E-state index contributed by atoms with van der Waals surface area (Å²) >= 11 is 0. The zero-order valence-electron chi connectivity index (χ0n) is 16.0. The molecule has 4 aliphatic carbocycles. The number of fused-ring (bicyclic) bond motifs is 2. The van der Waals surface area contributed by atoms with Crippen LogP contribution in [0, 0.1) is 11.3 Å². The van der Waals surface area contributed by atoms with Crippen molar-refractivity contribution in [2.75, 3.05) is 25.1 Å². The van der Waals surface area contributed by atoms with E-state index in [9.17, 15) is 14.7 Å². The van der Waals surface area contributed by atoms with E-state index < -0.39 is 22.6 Å². The van der Waals surface area contributed by atoms with Crippen LogP contribution in [0.1, 0.15) is 37.7 Å². The highest BCUT2D eigenvalue weighted by atomic mass is 16.5. The Labute approximate surface area is 163 Å². The van der Waals surface area contributed by atoms with Gasteiger partial charge in [-0.05, 0) is 55.7 Å². The molecular formula is C22H24N2O4. The van der Waals surface area contributed by atoms with Gasteiger partial charge in [0, 0.05) is 18.5 Å². The Hall–Kier alpha value is -1.92. The maximum Gasteiger partial charge on any atom is 0.414 e. The Bertz CT molecular complexity index is 979. The first-order valence-electron chi connectivity index (χ1n) is 10.5. The number of nitrogens with zero attached hydrogens (tertiary/aromatic N) is 2. The number of carbonyl (C=O) groups is 2. The molecule has 6 fully saturated rings. The fraction of sp³-hybridized carbons (Fsp3) is 0.636. The monoisotopic (exact) mass is 380 g/mol. The maximum atomic E-state index is 13.8. The van der Waals surface area contributed by atoms with Crippen LogP contribution in [-0.2, 0) is 14.9 Å². The van der Waals surface area contributed by atoms with E-state index in [2.05, 4.69) is 11.0 Å². The van der Waals surface area contributed by atoms with Gasteiger partial charge in [-0.25, -0.2) is 4.79 Å². The molecule has 4 saturated carbocycles. The molecule has 1 N–H and O–H groups in total. The van der Waals surface area contributed by atoms with Crippen LogP contribution >= 0.6 is 0 Å². The molecule has 3 spiro atoms. The summed E-state index contributed by atoms with van der Waals surface area (Å²) < 4.78 is 5.22. The Morgan fingerprint density at radius 2 is 2.07 bits per heavy atom. The molecule has 28 heavy (non-hydrogen) atoms. The highest BCUT2D eigenvalue weighted by molar-refractivity contribution is 6.07. The number of carbonyl (C=O) groups excluding carboxylic acids is 2. The van der Waals surface area contributed by atoms with E-state index in [-0.39, 0.29) is 23.2 Å². The van der Waals surface area contributed by atoms with Crippen molar-refractivity contribution in [1.29, 1.82) is 0 Å². The second-order valence-corrected chi connectivity index (χ2v) is 9.87. The number of piperidine rings is 1. The van der Waals surface area contributed by atoms with Gasteiger partial charge < -0.3 is 9.84 Å². The lowest BCUT2D eigenvalue weighted by Crippen LogP contribution is -2.82. The molecule has 6 atom stereocenters. The van der Waals surface area contributed by atoms with E-state index in [1.54, 1.807) is 4.90 Å². The predicted molar refractivity (Wildman–Crippen MR) is 100 cm³/mol. The number of rotatable bonds is 0. The molecule has 1 aromatic carbocycles. The fourth-order valence-electron chi connectivity index (χ4n) is 9.19. The smallest absolute Gasteiger partial charge is 0.414 e. The van der Waals surface area contributed by atoms with Gasteiger partial charge in [-0.15, -0.1) is 0 Å². The molecule has 0 radical (unpaired) electrons. The number of aliphatic hydroxyl groups is 1. The van der Waals surface area contributed by atoms with Crippen molar-refractivity contribution in [3.63, 3.8) is 0 Å². The third-order valence-electron chi connectivity index (χ3n) is 9.48. The number of Topliss-reactive ketones (excluding diaryl/α,β-unsaturated/α-hetero) is 1. The number of amides is 1. The molecule has 3 heterocycles. The Kier molecular flexibility index (Phi) is 2.45. The summed E-state index contributed by atoms with van der Waals surface area (Å²) in [5, 5.41) is 12.1. The van der Waals surface area contributed by atoms with Gasteiger partial charge in [-0.1, -0.05) is 18.2 Å². The van der Waals surface area contributed by atoms with Gasteiger partial charge >= 0.3 is 6.09 Å². The molecule has 0 aromatic heterocycles. The normalized spacial score (nSPS) is 49.4. The lowest BCUT2D eigenvalue weighted by molar-refractivity contribution is -0.194. The highest BCUT2D eigenvalue weighted by Crippen LogP contribution is 2.81. The van der Waals surface area contributed by atoms with Crippen molar-refractivity contribution in [2.45, 2.75) is 54.7 Å². The number of hydrogen-bond acceptors (Lipinski definition) is 5. The van der Waals surface area contributed by atoms with Crippen LogP contribution in [0.5, 0.6) is 0 Å². The van der Waals surface area contributed by atoms with Crippen LogP contribution < -0.4 is 4.90 Å². The number of methoxy groups -OCH3 is 1. The van der Waals surface area contributed by atoms with Gasteiger partial charge in [0.25, 0.3) is 0 Å². The standard InChI is InChI=1S/C22H24N2O4/c1-28-18(26)24-15-6-3-2-5-13(15)22-14-11-23-10-4-7-19(17(22)23)8-9-21(22,24)20(27,12-19)16(14)25/h2-3,5-6,14,17,27H,4,7-12H2,1H3/t14-,17+,19-,20+,21+,22-/m1/s1. The van der Waals surface area contributed by atoms with Gasteiger partial charge in [0.05, 0.1) is 23.8 Å². The third kappa shape index (κ3) is 1.16. The average molecular weight is 380 g/mol. The van der Waals surface area contributed by atoms with E-state index in [0.29, 0.717) is 19.4 Å². The van der Waals surface area contributed by atoms with Crippen molar-refractivity contribution in [3.8, 4) is 0 Å². The lowest BCUT2D eigenvalue weighted by atomic mass is 9.40. The van der Waals surface area contributed by atoms with Gasteiger partial charge in [-0.3, -0.25) is 14.6 Å². The zero-order chi connectivity index (χ0) is 19.1. The van der Waals surface area contributed by atoms with Gasteiger partial charge in [-0.2, -0.15) is 0 Å². The van der Waals surface area contributed by atoms with Crippen LogP contribution in [0.3, 0.4) is 0 Å². The largest absolute Gasteiger partial charge is 0.452 e. The molecule has 0 unspecified atom stereocenters. The van der Waals surface area contributed by atoms with Crippen molar-refractivity contribution in [2.24, 2.45) is 11.3 Å². The van der Waals surface area contributed by atoms with Gasteiger partial charge in [0.15, 0.2) is 5.78 Å². The molecule has 1 amide bonds. The van der Waals surface area contributed by atoms with Crippen molar-refractivity contribution in [1.82, 2.24) is 4.90 Å². The summed E-state index contributed by atoms with van der Waals surface area (Å²) in [6, 6.07) is 8.22. The molecular weight excluding hydrogens is 356 g/mol. The number of anilines is 1. The quantitative estimate of drug-likeness (QED) is 0.744. The van der Waals surface area contributed by atoms with E-state index in [4.69, 9.17) is 4.74 Å². The molecule has 8 rings (SSSR count). The molecule has 1 aromatic rings. The number of benzene rings is 1. The molecule has 6 nitrogen and oxygen atoms in total. The first kappa shape index (κ1) is 15.9. The highest BCUT2D eigenvalue weighted by Gasteiger charge is 2.93. The second kappa shape index (κ2) is 4.31. The van der Waals surface area contributed by atoms with Crippen LogP contribution in [0.2, 0.25) is 0 Å². The topological polar surface area (TPSA) is 70.1 Å². The Morgan fingerprint density at radius 3 is 2.89 bits per heavy atom. The summed E-state index contributed by atoms with van der Waals surface area (Å²) in [6.07, 6.45) is 3.84. The molecule has 4 bridgehead atoms.